The first-order chi connectivity index (χ1) is 13.6. The van der Waals surface area contributed by atoms with Crippen molar-refractivity contribution in [1.82, 2.24) is 29.5 Å². The predicted molar refractivity (Wildman–Crippen MR) is 105 cm³/mol. The first-order valence-corrected chi connectivity index (χ1v) is 9.91. The molecule has 0 saturated carbocycles. The number of aliphatic hydroxyl groups is 1. The lowest BCUT2D eigenvalue weighted by Gasteiger charge is -2.15. The highest BCUT2D eigenvalue weighted by Gasteiger charge is 2.35. The average molecular weight is 404 g/mol. The summed E-state index contributed by atoms with van der Waals surface area (Å²) in [7, 11) is 0. The van der Waals surface area contributed by atoms with Gasteiger partial charge >= 0.3 is 5.69 Å². The number of nitrogens with one attached hydrogen (secondary N) is 2. The normalized spacial score (nSPS) is 22.0. The van der Waals surface area contributed by atoms with Crippen molar-refractivity contribution in [2.75, 3.05) is 29.1 Å². The maximum Gasteiger partial charge on any atom is 0.346 e. The maximum absolute atomic E-state index is 11.1. The molecule has 0 aliphatic carbocycles. The smallest absolute Gasteiger partial charge is 0.346 e. The number of thioether (sulfide) groups is 1. The third-order valence-corrected chi connectivity index (χ3v) is 5.48. The third kappa shape index (κ3) is 3.93. The number of H-pyrrole nitrogens is 1. The molecule has 0 unspecified atom stereocenters. The number of nitrogen functional groups attached to an aromatic ring is 1. The van der Waals surface area contributed by atoms with Gasteiger partial charge in [-0.15, -0.1) is 0 Å². The molecule has 1 aliphatic rings. The third-order valence-electron chi connectivity index (χ3n) is 4.42. The van der Waals surface area contributed by atoms with Crippen LogP contribution < -0.4 is 16.7 Å². The van der Waals surface area contributed by atoms with E-state index in [0.717, 1.165) is 5.75 Å². The van der Waals surface area contributed by atoms with Crippen LogP contribution in [-0.4, -0.2) is 64.9 Å². The molecule has 0 bridgehead atoms. The quantitative estimate of drug-likeness (QED) is 0.395. The topological polar surface area (TPSA) is 157 Å². The van der Waals surface area contributed by atoms with Crippen molar-refractivity contribution in [2.45, 2.75) is 24.9 Å². The molecule has 1 aliphatic heterocycles. The molecule has 3 aromatic heterocycles. The SMILES string of the molecule is Nc1ncnc2c1ncn2[C@H]1C[C@H](O)[C@@H](CSCCNc2ccnc(=O)[nH]2)O1. The predicted octanol–water partition coefficient (Wildman–Crippen LogP) is -0.0145. The number of aromatic nitrogens is 6. The van der Waals surface area contributed by atoms with Gasteiger partial charge < -0.3 is 20.9 Å². The molecule has 12 heteroatoms. The Morgan fingerprint density at radius 3 is 3.14 bits per heavy atom. The molecule has 4 rings (SSSR count). The summed E-state index contributed by atoms with van der Waals surface area (Å²) in [5.74, 6) is 2.39. The number of rotatable bonds is 7. The second-order valence-corrected chi connectivity index (χ2v) is 7.46. The van der Waals surface area contributed by atoms with Gasteiger partial charge in [0, 0.05) is 30.7 Å². The number of aromatic amines is 1. The van der Waals surface area contributed by atoms with Crippen LogP contribution >= 0.6 is 11.8 Å². The van der Waals surface area contributed by atoms with E-state index in [9.17, 15) is 9.90 Å². The Hall–Kier alpha value is -2.70. The van der Waals surface area contributed by atoms with E-state index in [4.69, 9.17) is 10.5 Å². The zero-order chi connectivity index (χ0) is 19.5. The highest BCUT2D eigenvalue weighted by molar-refractivity contribution is 7.99. The van der Waals surface area contributed by atoms with E-state index in [2.05, 4.69) is 30.2 Å². The van der Waals surface area contributed by atoms with Crippen LogP contribution in [0, 0.1) is 0 Å². The number of nitrogens with zero attached hydrogens (tertiary/aromatic N) is 5. The van der Waals surface area contributed by atoms with E-state index in [1.807, 2.05) is 0 Å². The first-order valence-electron chi connectivity index (χ1n) is 8.75. The minimum atomic E-state index is -0.571. The van der Waals surface area contributed by atoms with Crippen LogP contribution in [0.2, 0.25) is 0 Å². The number of hydrogen-bond acceptors (Lipinski definition) is 10. The van der Waals surface area contributed by atoms with Crippen LogP contribution in [0.5, 0.6) is 0 Å². The van der Waals surface area contributed by atoms with Gasteiger partial charge in [-0.1, -0.05) is 0 Å². The van der Waals surface area contributed by atoms with Crippen LogP contribution in [0.3, 0.4) is 0 Å². The van der Waals surface area contributed by atoms with Gasteiger partial charge in [-0.2, -0.15) is 11.8 Å². The van der Waals surface area contributed by atoms with E-state index >= 15 is 0 Å². The molecule has 3 aromatic rings. The van der Waals surface area contributed by atoms with Crippen LogP contribution in [0.25, 0.3) is 11.2 Å². The Morgan fingerprint density at radius 2 is 2.29 bits per heavy atom. The molecule has 3 atom stereocenters. The van der Waals surface area contributed by atoms with Crippen molar-refractivity contribution in [3.63, 3.8) is 0 Å². The summed E-state index contributed by atoms with van der Waals surface area (Å²) < 4.78 is 7.80. The molecule has 28 heavy (non-hydrogen) atoms. The standard InChI is InChI=1S/C16H20N8O3S/c17-14-13-15(21-7-20-14)24(8-22-13)12-5-9(25)10(27-12)6-28-4-3-18-11-1-2-19-16(26)23-11/h1-2,7-10,12,25H,3-6H2,(H2,17,20,21)(H2,18,19,23,26)/t9-,10+,12+/m0/s1. The summed E-state index contributed by atoms with van der Waals surface area (Å²) >= 11 is 1.66. The van der Waals surface area contributed by atoms with Crippen molar-refractivity contribution in [3.05, 3.63) is 35.4 Å². The number of fused-ring (bicyclic) bond motifs is 1. The fraction of sp³-hybridized carbons (Fsp3) is 0.438. The zero-order valence-electron chi connectivity index (χ0n) is 14.9. The van der Waals surface area contributed by atoms with Gasteiger partial charge in [0.05, 0.1) is 18.5 Å². The fourth-order valence-electron chi connectivity index (χ4n) is 3.05. The van der Waals surface area contributed by atoms with Crippen molar-refractivity contribution < 1.29 is 9.84 Å². The number of aliphatic hydroxyl groups excluding tert-OH is 1. The summed E-state index contributed by atoms with van der Waals surface area (Å²) in [6.45, 7) is 0.666. The molecule has 0 amide bonds. The van der Waals surface area contributed by atoms with Crippen LogP contribution in [0.1, 0.15) is 12.6 Å². The minimum absolute atomic E-state index is 0.285. The number of nitrogens with two attached hydrogens (primary N) is 1. The molecule has 0 aromatic carbocycles. The number of ether oxygens (including phenoxy) is 1. The fourth-order valence-corrected chi connectivity index (χ4v) is 3.99. The monoisotopic (exact) mass is 404 g/mol. The van der Waals surface area contributed by atoms with Crippen molar-refractivity contribution in [1.29, 1.82) is 0 Å². The lowest BCUT2D eigenvalue weighted by Crippen LogP contribution is -2.24. The molecule has 1 fully saturated rings. The molecule has 0 radical (unpaired) electrons. The van der Waals surface area contributed by atoms with Gasteiger partial charge in [0.1, 0.15) is 23.9 Å². The maximum atomic E-state index is 11.1. The van der Waals surface area contributed by atoms with Gasteiger partial charge in [-0.05, 0) is 6.07 Å². The Morgan fingerprint density at radius 1 is 1.39 bits per heavy atom. The lowest BCUT2D eigenvalue weighted by atomic mass is 10.2. The molecule has 11 nitrogen and oxygen atoms in total. The van der Waals surface area contributed by atoms with E-state index in [0.29, 0.717) is 41.5 Å². The van der Waals surface area contributed by atoms with Crippen molar-refractivity contribution in [3.8, 4) is 0 Å². The van der Waals surface area contributed by atoms with Gasteiger partial charge in [-0.3, -0.25) is 9.55 Å². The number of hydrogen-bond donors (Lipinski definition) is 4. The summed E-state index contributed by atoms with van der Waals surface area (Å²) in [6, 6.07) is 1.70. The van der Waals surface area contributed by atoms with E-state index in [1.165, 1.54) is 12.5 Å². The molecule has 1 saturated heterocycles. The van der Waals surface area contributed by atoms with E-state index < -0.39 is 6.10 Å². The molecule has 0 spiro atoms. The molecule has 5 N–H and O–H groups in total. The Bertz CT molecular complexity index is 1010. The Labute approximate surface area is 163 Å². The zero-order valence-corrected chi connectivity index (χ0v) is 15.7. The van der Waals surface area contributed by atoms with E-state index in [-0.39, 0.29) is 18.0 Å². The van der Waals surface area contributed by atoms with Gasteiger partial charge in [0.25, 0.3) is 0 Å². The van der Waals surface area contributed by atoms with Crippen molar-refractivity contribution >= 4 is 34.6 Å². The molecular weight excluding hydrogens is 384 g/mol. The lowest BCUT2D eigenvalue weighted by molar-refractivity contribution is -0.00371. The Kier molecular flexibility index (Phi) is 5.41. The van der Waals surface area contributed by atoms with Gasteiger partial charge in [0.2, 0.25) is 0 Å². The molecule has 4 heterocycles. The summed E-state index contributed by atoms with van der Waals surface area (Å²) in [5.41, 5.74) is 6.55. The van der Waals surface area contributed by atoms with Crippen molar-refractivity contribution in [2.24, 2.45) is 0 Å². The number of imidazole rings is 1. The second-order valence-electron chi connectivity index (χ2n) is 6.31. The molecule has 148 valence electrons. The minimum Gasteiger partial charge on any atom is -0.390 e. The van der Waals surface area contributed by atoms with Crippen LogP contribution in [-0.2, 0) is 4.74 Å². The van der Waals surface area contributed by atoms with Crippen LogP contribution in [0.15, 0.2) is 29.7 Å². The van der Waals surface area contributed by atoms with Gasteiger partial charge in [0.15, 0.2) is 11.5 Å². The average Bonchev–Trinajstić information content (AvgIpc) is 3.26. The summed E-state index contributed by atoms with van der Waals surface area (Å²) in [6.07, 6.45) is 3.71. The second kappa shape index (κ2) is 8.12. The van der Waals surface area contributed by atoms with E-state index in [1.54, 1.807) is 28.7 Å². The highest BCUT2D eigenvalue weighted by atomic mass is 32.2. The highest BCUT2D eigenvalue weighted by Crippen LogP contribution is 2.32. The number of anilines is 2. The largest absolute Gasteiger partial charge is 0.390 e. The van der Waals surface area contributed by atoms with Gasteiger partial charge in [-0.25, -0.2) is 24.7 Å². The Balaban J connectivity index is 1.28. The van der Waals surface area contributed by atoms with Crippen LogP contribution in [0.4, 0.5) is 11.6 Å². The summed E-state index contributed by atoms with van der Waals surface area (Å²) in [5, 5.41) is 13.5. The summed E-state index contributed by atoms with van der Waals surface area (Å²) in [4.78, 5) is 29.7. The first kappa shape index (κ1) is 18.7. The molecular formula is C16H20N8O3S.